The third-order valence-corrected chi connectivity index (χ3v) is 2.00. The topological polar surface area (TPSA) is 90.2 Å². The number of aromatic hydroxyl groups is 1. The maximum atomic E-state index is 11.2. The Morgan fingerprint density at radius 2 is 2.00 bits per heavy atom. The summed E-state index contributed by atoms with van der Waals surface area (Å²) in [7, 11) is 0. The minimum Gasteiger partial charge on any atom is -0.506 e. The van der Waals surface area contributed by atoms with Crippen molar-refractivity contribution in [2.24, 2.45) is 0 Å². The average molecular weight is 188 g/mol. The number of amides is 2. The summed E-state index contributed by atoms with van der Waals surface area (Å²) in [4.78, 5) is 22.3. The Morgan fingerprint density at radius 1 is 1.29 bits per heavy atom. The van der Waals surface area contributed by atoms with Crippen molar-refractivity contribution < 1.29 is 14.7 Å². The number of carbonyl (C=O) groups excluding carboxylic acids is 2. The van der Waals surface area contributed by atoms with E-state index >= 15 is 0 Å². The monoisotopic (exact) mass is 188 g/mol. The van der Waals surface area contributed by atoms with Crippen molar-refractivity contribution in [2.75, 3.05) is 0 Å². The Bertz CT molecular complexity index is 500. The van der Waals surface area contributed by atoms with Crippen LogP contribution in [0.15, 0.2) is 12.1 Å². The van der Waals surface area contributed by atoms with Crippen molar-refractivity contribution in [2.45, 2.75) is 0 Å². The fourth-order valence-electron chi connectivity index (χ4n) is 1.33. The van der Waals surface area contributed by atoms with Gasteiger partial charge in [0.1, 0.15) is 11.8 Å². The predicted octanol–water partition coefficient (Wildman–Crippen LogP) is 0.147. The molecule has 2 amide bonds. The number of hydrogen-bond donors (Lipinski definition) is 2. The highest BCUT2D eigenvalue weighted by Gasteiger charge is 2.30. The molecular formula is C9H4N2O3. The first-order valence-corrected chi connectivity index (χ1v) is 3.77. The zero-order valence-corrected chi connectivity index (χ0v) is 6.87. The van der Waals surface area contributed by atoms with Gasteiger partial charge >= 0.3 is 0 Å². The van der Waals surface area contributed by atoms with Crippen molar-refractivity contribution in [3.8, 4) is 11.8 Å². The second kappa shape index (κ2) is 2.57. The van der Waals surface area contributed by atoms with Gasteiger partial charge in [0.05, 0.1) is 16.7 Å². The van der Waals surface area contributed by atoms with Crippen molar-refractivity contribution >= 4 is 11.8 Å². The molecule has 2 rings (SSSR count). The zero-order chi connectivity index (χ0) is 10.3. The maximum Gasteiger partial charge on any atom is 0.262 e. The van der Waals surface area contributed by atoms with Gasteiger partial charge in [0, 0.05) is 0 Å². The van der Waals surface area contributed by atoms with Crippen molar-refractivity contribution in [3.63, 3.8) is 0 Å². The molecular weight excluding hydrogens is 184 g/mol. The van der Waals surface area contributed by atoms with E-state index in [0.29, 0.717) is 0 Å². The quantitative estimate of drug-likeness (QED) is 0.567. The normalized spacial score (nSPS) is 13.4. The number of nitrogens with zero attached hydrogens (tertiary/aromatic N) is 1. The molecule has 0 bridgehead atoms. The Kier molecular flexibility index (Phi) is 1.51. The number of phenols is 1. The first-order chi connectivity index (χ1) is 6.65. The fraction of sp³-hybridized carbons (Fsp3) is 0. The minimum atomic E-state index is -0.667. The number of nitriles is 1. The summed E-state index contributed by atoms with van der Waals surface area (Å²) in [6.07, 6.45) is 0. The minimum absolute atomic E-state index is 0.0198. The van der Waals surface area contributed by atoms with Crippen LogP contribution in [0, 0.1) is 11.3 Å². The van der Waals surface area contributed by atoms with Gasteiger partial charge in [0.2, 0.25) is 0 Å². The highest BCUT2D eigenvalue weighted by Crippen LogP contribution is 2.28. The maximum absolute atomic E-state index is 11.2. The van der Waals surface area contributed by atoms with Crippen LogP contribution < -0.4 is 5.32 Å². The van der Waals surface area contributed by atoms with Gasteiger partial charge in [-0.3, -0.25) is 14.9 Å². The molecule has 0 saturated heterocycles. The molecule has 1 aliphatic heterocycles. The van der Waals surface area contributed by atoms with E-state index in [1.807, 2.05) is 5.32 Å². The molecule has 0 fully saturated rings. The second-order valence-electron chi connectivity index (χ2n) is 2.78. The van der Waals surface area contributed by atoms with Crippen LogP contribution in [-0.2, 0) is 0 Å². The van der Waals surface area contributed by atoms with Crippen LogP contribution in [0.3, 0.4) is 0 Å². The van der Waals surface area contributed by atoms with Gasteiger partial charge in [-0.05, 0) is 12.1 Å². The molecule has 1 aromatic rings. The fourth-order valence-corrected chi connectivity index (χ4v) is 1.33. The van der Waals surface area contributed by atoms with Crippen LogP contribution in [-0.4, -0.2) is 16.9 Å². The molecule has 0 saturated carbocycles. The summed E-state index contributed by atoms with van der Waals surface area (Å²) in [6, 6.07) is 4.36. The van der Waals surface area contributed by atoms with Gasteiger partial charge in [-0.1, -0.05) is 0 Å². The van der Waals surface area contributed by atoms with Gasteiger partial charge in [0.15, 0.2) is 0 Å². The van der Waals surface area contributed by atoms with E-state index in [4.69, 9.17) is 5.26 Å². The van der Waals surface area contributed by atoms with Gasteiger partial charge < -0.3 is 5.11 Å². The number of carbonyl (C=O) groups is 2. The molecule has 1 aliphatic rings. The Hall–Kier alpha value is -2.35. The molecule has 5 nitrogen and oxygen atoms in total. The number of benzene rings is 1. The molecule has 0 spiro atoms. The second-order valence-corrected chi connectivity index (χ2v) is 2.78. The third kappa shape index (κ3) is 0.880. The molecule has 1 heterocycles. The zero-order valence-electron chi connectivity index (χ0n) is 6.87. The first kappa shape index (κ1) is 8.26. The number of phenolic OH excluding ortho intramolecular Hbond substituents is 1. The van der Waals surface area contributed by atoms with Gasteiger partial charge in [-0.25, -0.2) is 0 Å². The molecule has 0 aliphatic carbocycles. The van der Waals surface area contributed by atoms with Crippen molar-refractivity contribution in [3.05, 3.63) is 28.8 Å². The standard InChI is InChI=1S/C9H4N2O3/c10-3-4-1-2-5-6(7(4)12)9(14)11-8(5)13/h1-2,12H,(H,11,13,14). The molecule has 68 valence electrons. The molecule has 5 heteroatoms. The molecule has 14 heavy (non-hydrogen) atoms. The highest BCUT2D eigenvalue weighted by atomic mass is 16.3. The van der Waals surface area contributed by atoms with Gasteiger partial charge in [-0.2, -0.15) is 5.26 Å². The first-order valence-electron chi connectivity index (χ1n) is 3.77. The summed E-state index contributed by atoms with van der Waals surface area (Å²) in [5.74, 6) is -1.65. The summed E-state index contributed by atoms with van der Waals surface area (Å²) >= 11 is 0. The van der Waals surface area contributed by atoms with Crippen LogP contribution in [0.1, 0.15) is 26.3 Å². The summed E-state index contributed by atoms with van der Waals surface area (Å²) in [5, 5.41) is 20.1. The summed E-state index contributed by atoms with van der Waals surface area (Å²) in [6.45, 7) is 0. The smallest absolute Gasteiger partial charge is 0.262 e. The van der Waals surface area contributed by atoms with E-state index in [9.17, 15) is 14.7 Å². The predicted molar refractivity (Wildman–Crippen MR) is 44.6 cm³/mol. The lowest BCUT2D eigenvalue weighted by Crippen LogP contribution is -2.19. The van der Waals surface area contributed by atoms with E-state index < -0.39 is 17.6 Å². The van der Waals surface area contributed by atoms with Gasteiger partial charge in [0.25, 0.3) is 11.8 Å². The van der Waals surface area contributed by atoms with E-state index in [-0.39, 0.29) is 16.7 Å². The van der Waals surface area contributed by atoms with Crippen LogP contribution in [0.25, 0.3) is 0 Å². The molecule has 0 radical (unpaired) electrons. The Labute approximate surface area is 78.6 Å². The van der Waals surface area contributed by atoms with E-state index in [0.717, 1.165) is 0 Å². The Balaban J connectivity index is 2.78. The largest absolute Gasteiger partial charge is 0.506 e. The third-order valence-electron chi connectivity index (χ3n) is 2.00. The van der Waals surface area contributed by atoms with E-state index in [1.165, 1.54) is 12.1 Å². The molecule has 0 aromatic heterocycles. The number of nitrogens with one attached hydrogen (secondary N) is 1. The molecule has 0 unspecified atom stereocenters. The number of hydrogen-bond acceptors (Lipinski definition) is 4. The number of rotatable bonds is 0. The van der Waals surface area contributed by atoms with Crippen LogP contribution in [0.2, 0.25) is 0 Å². The SMILES string of the molecule is N#Cc1ccc2c(c1O)C(=O)NC2=O. The molecule has 0 atom stereocenters. The summed E-state index contributed by atoms with van der Waals surface area (Å²) < 4.78 is 0. The highest BCUT2D eigenvalue weighted by molar-refractivity contribution is 6.22. The average Bonchev–Trinajstić information content (AvgIpc) is 2.44. The summed E-state index contributed by atoms with van der Waals surface area (Å²) in [5.41, 5.74) is -0.0332. The number of imide groups is 1. The van der Waals surface area contributed by atoms with Crippen LogP contribution in [0.4, 0.5) is 0 Å². The molecule has 1 aromatic carbocycles. The van der Waals surface area contributed by atoms with Crippen molar-refractivity contribution in [1.82, 2.24) is 5.32 Å². The van der Waals surface area contributed by atoms with Crippen LogP contribution in [0.5, 0.6) is 5.75 Å². The Morgan fingerprint density at radius 3 is 2.64 bits per heavy atom. The van der Waals surface area contributed by atoms with E-state index in [2.05, 4.69) is 0 Å². The lowest BCUT2D eigenvalue weighted by molar-refractivity contribution is 0.0879. The van der Waals surface area contributed by atoms with Crippen LogP contribution >= 0.6 is 0 Å². The van der Waals surface area contributed by atoms with Gasteiger partial charge in [-0.15, -0.1) is 0 Å². The van der Waals surface area contributed by atoms with E-state index in [1.54, 1.807) is 6.07 Å². The lowest BCUT2D eigenvalue weighted by atomic mass is 10.0. The number of fused-ring (bicyclic) bond motifs is 1. The lowest BCUT2D eigenvalue weighted by Gasteiger charge is -1.99. The molecule has 2 N–H and O–H groups in total. The van der Waals surface area contributed by atoms with Crippen molar-refractivity contribution in [1.29, 1.82) is 5.26 Å².